The maximum Gasteiger partial charge on any atom is 0.313 e. The summed E-state index contributed by atoms with van der Waals surface area (Å²) >= 11 is 0. The van der Waals surface area contributed by atoms with Crippen LogP contribution in [-0.4, -0.2) is 34.7 Å². The molecule has 0 atom stereocenters. The maximum absolute atomic E-state index is 10.8. The summed E-state index contributed by atoms with van der Waals surface area (Å²) in [5, 5.41) is 0. The third-order valence-electron chi connectivity index (χ3n) is 0.813. The second-order valence-corrected chi connectivity index (χ2v) is 3.47. The minimum absolute atomic E-state index is 0. The van der Waals surface area contributed by atoms with Gasteiger partial charge in [-0.2, -0.15) is 0 Å². The molecule has 0 aliphatic heterocycles. The molecule has 0 saturated carbocycles. The number of esters is 1. The third kappa shape index (κ3) is 9.67. The molecule has 0 fully saturated rings. The van der Waals surface area contributed by atoms with E-state index in [4.69, 9.17) is 4.74 Å². The first-order valence-corrected chi connectivity index (χ1v) is 3.52. The Kier molecular flexibility index (Phi) is 6.33. The van der Waals surface area contributed by atoms with Crippen LogP contribution in [0.25, 0.3) is 0 Å². The van der Waals surface area contributed by atoms with Gasteiger partial charge in [0.25, 0.3) is 0 Å². The Balaban J connectivity index is 0. The van der Waals surface area contributed by atoms with Crippen molar-refractivity contribution in [3.05, 3.63) is 0 Å². The summed E-state index contributed by atoms with van der Waals surface area (Å²) in [5.41, 5.74) is -0.494. The molecular weight excluding hydrogens is 171 g/mol. The summed E-state index contributed by atoms with van der Waals surface area (Å²) in [6, 6.07) is 0. The minimum atomic E-state index is -0.494. The van der Waals surface area contributed by atoms with Crippen molar-refractivity contribution in [3.63, 3.8) is 0 Å². The molecule has 12 heavy (non-hydrogen) atoms. The summed E-state index contributed by atoms with van der Waals surface area (Å²) in [5.74, 6) is -0.621. The number of rotatable bonds is 2. The smallest absolute Gasteiger partial charge is 0.313 e. The van der Waals surface area contributed by atoms with Crippen LogP contribution in [0.3, 0.4) is 0 Å². The van der Waals surface area contributed by atoms with Gasteiger partial charge in [0.2, 0.25) is 0 Å². The fourth-order valence-electron chi connectivity index (χ4n) is 0.581. The molecule has 4 heteroatoms. The van der Waals surface area contributed by atoms with Crippen LogP contribution < -0.4 is 0 Å². The fourth-order valence-corrected chi connectivity index (χ4v) is 0.581. The van der Waals surface area contributed by atoms with E-state index in [1.165, 1.54) is 6.92 Å². The second-order valence-electron chi connectivity index (χ2n) is 3.47. The summed E-state index contributed by atoms with van der Waals surface area (Å²) in [7, 11) is 0. The lowest BCUT2D eigenvalue weighted by molar-refractivity contribution is -0.155. The van der Waals surface area contributed by atoms with Crippen LogP contribution in [0.5, 0.6) is 0 Å². The topological polar surface area (TPSA) is 43.4 Å². The Morgan fingerprint density at radius 3 is 1.92 bits per heavy atom. The molecule has 0 aliphatic rings. The molecule has 0 bridgehead atoms. The van der Waals surface area contributed by atoms with Crippen molar-refractivity contribution in [2.45, 2.75) is 39.7 Å². The van der Waals surface area contributed by atoms with E-state index in [1.54, 1.807) is 20.8 Å². The molecule has 0 spiro atoms. The molecule has 0 N–H and O–H groups in total. The van der Waals surface area contributed by atoms with Crippen LogP contribution >= 0.6 is 0 Å². The van der Waals surface area contributed by atoms with Gasteiger partial charge in [0.15, 0.2) is 17.4 Å². The average Bonchev–Trinajstić information content (AvgIpc) is 1.53. The molecule has 0 aliphatic carbocycles. The standard InChI is InChI=1S/C8H14O3.Al.3H/c1-6(9)5-7(10)11-8(2,3)4;;;;/h5H2,1-4H3;;;;. The highest BCUT2D eigenvalue weighted by Gasteiger charge is 2.16. The molecule has 3 nitrogen and oxygen atoms in total. The van der Waals surface area contributed by atoms with Crippen LogP contribution in [0, 0.1) is 0 Å². The van der Waals surface area contributed by atoms with Crippen LogP contribution in [0.1, 0.15) is 34.1 Å². The van der Waals surface area contributed by atoms with E-state index in [0.29, 0.717) is 0 Å². The number of ether oxygens (including phenoxy) is 1. The van der Waals surface area contributed by atoms with Crippen molar-refractivity contribution in [2.75, 3.05) is 0 Å². The summed E-state index contributed by atoms with van der Waals surface area (Å²) < 4.78 is 4.89. The first-order chi connectivity index (χ1) is 4.81. The highest BCUT2D eigenvalue weighted by atomic mass is 27.0. The normalized spacial score (nSPS) is 10.0. The van der Waals surface area contributed by atoms with E-state index in [0.717, 1.165) is 0 Å². The highest BCUT2D eigenvalue weighted by molar-refractivity contribution is 5.94. The highest BCUT2D eigenvalue weighted by Crippen LogP contribution is 2.07. The van der Waals surface area contributed by atoms with Gasteiger partial charge in [0.05, 0.1) is 0 Å². The van der Waals surface area contributed by atoms with E-state index in [2.05, 4.69) is 0 Å². The molecule has 0 amide bonds. The number of Topliss-reactive ketones (excluding diaryl/α,β-unsaturated/α-hetero) is 1. The van der Waals surface area contributed by atoms with Gasteiger partial charge < -0.3 is 4.74 Å². The number of hydrogen-bond donors (Lipinski definition) is 0. The van der Waals surface area contributed by atoms with Gasteiger partial charge in [-0.05, 0) is 27.7 Å². The van der Waals surface area contributed by atoms with Crippen molar-refractivity contribution in [1.82, 2.24) is 0 Å². The molecule has 0 aromatic heterocycles. The second kappa shape index (κ2) is 5.34. The van der Waals surface area contributed by atoms with E-state index in [9.17, 15) is 9.59 Å². The lowest BCUT2D eigenvalue weighted by atomic mass is 10.2. The Morgan fingerprint density at radius 1 is 1.25 bits per heavy atom. The quantitative estimate of drug-likeness (QED) is 0.351. The summed E-state index contributed by atoms with van der Waals surface area (Å²) in [6.45, 7) is 6.67. The number of ketones is 1. The molecule has 0 saturated heterocycles. The Hall–Kier alpha value is -0.328. The molecule has 0 heterocycles. The van der Waals surface area contributed by atoms with Crippen LogP contribution in [0.4, 0.5) is 0 Å². The first kappa shape index (κ1) is 14.2. The van der Waals surface area contributed by atoms with E-state index in [1.807, 2.05) is 0 Å². The summed E-state index contributed by atoms with van der Waals surface area (Å²) in [6.07, 6.45) is -0.128. The molecule has 0 aromatic carbocycles. The maximum atomic E-state index is 10.8. The largest absolute Gasteiger partial charge is 0.460 e. The van der Waals surface area contributed by atoms with Crippen LogP contribution in [0.15, 0.2) is 0 Å². The van der Waals surface area contributed by atoms with Gasteiger partial charge in [-0.15, -0.1) is 0 Å². The predicted octanol–water partition coefficient (Wildman–Crippen LogP) is 0.123. The van der Waals surface area contributed by atoms with Crippen molar-refractivity contribution >= 4 is 29.1 Å². The average molecular weight is 188 g/mol. The van der Waals surface area contributed by atoms with Crippen LogP contribution in [0.2, 0.25) is 0 Å². The molecular formula is C8H17AlO3. The molecule has 0 aromatic rings. The van der Waals surface area contributed by atoms with Crippen molar-refractivity contribution < 1.29 is 14.3 Å². The zero-order chi connectivity index (χ0) is 9.07. The Bertz CT molecular complexity index is 170. The van der Waals surface area contributed by atoms with Gasteiger partial charge in [-0.25, -0.2) is 0 Å². The van der Waals surface area contributed by atoms with Gasteiger partial charge in [0, 0.05) is 0 Å². The number of hydrogen-bond acceptors (Lipinski definition) is 3. The zero-order valence-corrected chi connectivity index (χ0v) is 7.43. The molecule has 0 unspecified atom stereocenters. The van der Waals surface area contributed by atoms with Crippen LogP contribution in [-0.2, 0) is 14.3 Å². The van der Waals surface area contributed by atoms with E-state index in [-0.39, 0.29) is 29.6 Å². The fraction of sp³-hybridized carbons (Fsp3) is 0.750. The minimum Gasteiger partial charge on any atom is -0.460 e. The molecule has 0 rings (SSSR count). The van der Waals surface area contributed by atoms with Gasteiger partial charge in [0.1, 0.15) is 17.8 Å². The van der Waals surface area contributed by atoms with E-state index < -0.39 is 11.6 Å². The number of carbonyl (C=O) groups excluding carboxylic acids is 2. The predicted molar refractivity (Wildman–Crippen MR) is 51.1 cm³/mol. The molecule has 70 valence electrons. The first-order valence-electron chi connectivity index (χ1n) is 3.52. The van der Waals surface area contributed by atoms with Crippen molar-refractivity contribution in [1.29, 1.82) is 0 Å². The van der Waals surface area contributed by atoms with Crippen molar-refractivity contribution in [2.24, 2.45) is 0 Å². The lowest BCUT2D eigenvalue weighted by Gasteiger charge is -2.18. The van der Waals surface area contributed by atoms with Gasteiger partial charge in [-0.1, -0.05) is 0 Å². The van der Waals surface area contributed by atoms with Crippen molar-refractivity contribution in [3.8, 4) is 0 Å². The monoisotopic (exact) mass is 188 g/mol. The summed E-state index contributed by atoms with van der Waals surface area (Å²) in [4.78, 5) is 21.3. The lowest BCUT2D eigenvalue weighted by Crippen LogP contribution is -2.24. The third-order valence-corrected chi connectivity index (χ3v) is 0.813. The Labute approximate surface area is 83.6 Å². The van der Waals surface area contributed by atoms with Gasteiger partial charge >= 0.3 is 5.97 Å². The number of carbonyl (C=O) groups is 2. The molecule has 0 radical (unpaired) electrons. The SMILES string of the molecule is CC(=O)CC(=O)OC(C)(C)C.[AlH3]. The van der Waals surface area contributed by atoms with Gasteiger partial charge in [-0.3, -0.25) is 9.59 Å². The van der Waals surface area contributed by atoms with E-state index >= 15 is 0 Å². The Morgan fingerprint density at radius 2 is 1.67 bits per heavy atom. The zero-order valence-electron chi connectivity index (χ0n) is 7.43.